The van der Waals surface area contributed by atoms with Crippen LogP contribution in [0.25, 0.3) is 0 Å². The first kappa shape index (κ1) is 20.0. The summed E-state index contributed by atoms with van der Waals surface area (Å²) in [6.07, 6.45) is -0.220. The Labute approximate surface area is 155 Å². The number of nitrogens with one attached hydrogen (secondary N) is 1. The highest BCUT2D eigenvalue weighted by molar-refractivity contribution is 6.00. The summed E-state index contributed by atoms with van der Waals surface area (Å²) < 4.78 is 18.8. The number of ether oxygens (including phenoxy) is 1. The maximum absolute atomic E-state index is 14.0. The molecule has 1 amide bonds. The number of ketones is 2. The maximum Gasteiger partial charge on any atom is 0.306 e. The minimum Gasteiger partial charge on any atom is -0.457 e. The second kappa shape index (κ2) is 9.38. The first-order chi connectivity index (χ1) is 12.9. The number of benzene rings is 2. The molecule has 2 rings (SSSR count). The highest BCUT2D eigenvalue weighted by Gasteiger charge is 2.16. The lowest BCUT2D eigenvalue weighted by Crippen LogP contribution is -2.16. The van der Waals surface area contributed by atoms with Gasteiger partial charge in [0.15, 0.2) is 12.4 Å². The van der Waals surface area contributed by atoms with Crippen LogP contribution in [0.15, 0.2) is 48.5 Å². The van der Waals surface area contributed by atoms with Crippen LogP contribution in [0.4, 0.5) is 10.1 Å². The number of carbonyl (C=O) groups is 4. The average molecular weight is 371 g/mol. The van der Waals surface area contributed by atoms with Crippen LogP contribution >= 0.6 is 0 Å². The molecule has 27 heavy (non-hydrogen) atoms. The molecule has 0 aromatic heterocycles. The quantitative estimate of drug-likeness (QED) is 0.569. The Balaban J connectivity index is 1.83. The third-order valence-corrected chi connectivity index (χ3v) is 3.61. The van der Waals surface area contributed by atoms with Crippen molar-refractivity contribution in [2.75, 3.05) is 11.9 Å². The Hall–Kier alpha value is -3.35. The topological polar surface area (TPSA) is 89.5 Å². The molecule has 0 bridgehead atoms. The van der Waals surface area contributed by atoms with Crippen LogP contribution in [0.3, 0.4) is 0 Å². The molecule has 2 aromatic rings. The molecule has 0 fully saturated rings. The van der Waals surface area contributed by atoms with Crippen LogP contribution in [0.2, 0.25) is 0 Å². The number of amides is 1. The standard InChI is InChI=1S/C20H18FNO5/c1-13(23)22-15-7-8-16(17(21)11-15)19(25)12-27-20(26)10-9-18(24)14-5-3-2-4-6-14/h2-8,11H,9-10,12H2,1H3,(H,22,23). The molecule has 0 saturated heterocycles. The van der Waals surface area contributed by atoms with Crippen molar-refractivity contribution in [1.82, 2.24) is 0 Å². The zero-order chi connectivity index (χ0) is 19.8. The maximum atomic E-state index is 14.0. The number of halogens is 1. The van der Waals surface area contributed by atoms with Gasteiger partial charge < -0.3 is 10.1 Å². The molecule has 7 heteroatoms. The van der Waals surface area contributed by atoms with Crippen molar-refractivity contribution in [2.24, 2.45) is 0 Å². The fourth-order valence-electron chi connectivity index (χ4n) is 2.30. The smallest absolute Gasteiger partial charge is 0.306 e. The van der Waals surface area contributed by atoms with Gasteiger partial charge in [-0.2, -0.15) is 0 Å². The van der Waals surface area contributed by atoms with Crippen molar-refractivity contribution in [3.8, 4) is 0 Å². The van der Waals surface area contributed by atoms with Crippen LogP contribution < -0.4 is 5.32 Å². The van der Waals surface area contributed by atoms with Crippen molar-refractivity contribution in [1.29, 1.82) is 0 Å². The molecule has 6 nitrogen and oxygen atoms in total. The molecule has 0 saturated carbocycles. The largest absolute Gasteiger partial charge is 0.457 e. The molecule has 0 heterocycles. The molecule has 0 radical (unpaired) electrons. The van der Waals surface area contributed by atoms with E-state index in [1.165, 1.54) is 19.1 Å². The van der Waals surface area contributed by atoms with Gasteiger partial charge in [-0.3, -0.25) is 19.2 Å². The van der Waals surface area contributed by atoms with E-state index in [9.17, 15) is 23.6 Å². The summed E-state index contributed by atoms with van der Waals surface area (Å²) in [5.41, 5.74) is 0.452. The zero-order valence-corrected chi connectivity index (χ0v) is 14.7. The van der Waals surface area contributed by atoms with Crippen LogP contribution in [-0.4, -0.2) is 30.0 Å². The minimum absolute atomic E-state index is 0.0448. The predicted molar refractivity (Wildman–Crippen MR) is 96.0 cm³/mol. The third kappa shape index (κ3) is 6.14. The molecule has 140 valence electrons. The number of carbonyl (C=O) groups excluding carboxylic acids is 4. The van der Waals surface area contributed by atoms with Crippen molar-refractivity contribution in [3.05, 3.63) is 65.5 Å². The number of rotatable bonds is 8. The molecular weight excluding hydrogens is 353 g/mol. The van der Waals surface area contributed by atoms with Gasteiger partial charge in [-0.1, -0.05) is 30.3 Å². The Morgan fingerprint density at radius 1 is 0.963 bits per heavy atom. The molecule has 0 aliphatic carbocycles. The van der Waals surface area contributed by atoms with Gasteiger partial charge in [-0.15, -0.1) is 0 Å². The van der Waals surface area contributed by atoms with E-state index in [0.29, 0.717) is 5.56 Å². The van der Waals surface area contributed by atoms with E-state index in [2.05, 4.69) is 5.32 Å². The van der Waals surface area contributed by atoms with Gasteiger partial charge in [-0.25, -0.2) is 4.39 Å². The van der Waals surface area contributed by atoms with E-state index in [0.717, 1.165) is 6.07 Å². The lowest BCUT2D eigenvalue weighted by Gasteiger charge is -2.07. The summed E-state index contributed by atoms with van der Waals surface area (Å²) in [5, 5.41) is 2.40. The number of hydrogen-bond acceptors (Lipinski definition) is 5. The fraction of sp³-hybridized carbons (Fsp3) is 0.200. The lowest BCUT2D eigenvalue weighted by molar-refractivity contribution is -0.142. The molecule has 0 unspecified atom stereocenters. The summed E-state index contributed by atoms with van der Waals surface area (Å²) >= 11 is 0. The monoisotopic (exact) mass is 371 g/mol. The number of Topliss-reactive ketones (excluding diaryl/α,β-unsaturated/α-hetero) is 2. The second-order valence-electron chi connectivity index (χ2n) is 5.75. The van der Waals surface area contributed by atoms with Gasteiger partial charge in [0.05, 0.1) is 12.0 Å². The van der Waals surface area contributed by atoms with E-state index in [4.69, 9.17) is 4.74 Å². The highest BCUT2D eigenvalue weighted by atomic mass is 19.1. The van der Waals surface area contributed by atoms with Crippen LogP contribution in [0.5, 0.6) is 0 Å². The second-order valence-corrected chi connectivity index (χ2v) is 5.75. The summed E-state index contributed by atoms with van der Waals surface area (Å²) in [6.45, 7) is 0.647. The molecule has 0 aliphatic rings. The van der Waals surface area contributed by atoms with Crippen LogP contribution in [0.1, 0.15) is 40.5 Å². The van der Waals surface area contributed by atoms with E-state index >= 15 is 0 Å². The normalized spacial score (nSPS) is 10.1. The molecule has 2 aromatic carbocycles. The van der Waals surface area contributed by atoms with E-state index in [1.807, 2.05) is 0 Å². The van der Waals surface area contributed by atoms with Crippen LogP contribution in [-0.2, 0) is 14.3 Å². The Morgan fingerprint density at radius 3 is 2.30 bits per heavy atom. The third-order valence-electron chi connectivity index (χ3n) is 3.61. The number of esters is 1. The summed E-state index contributed by atoms with van der Waals surface area (Å²) in [7, 11) is 0. The van der Waals surface area contributed by atoms with Gasteiger partial charge >= 0.3 is 5.97 Å². The fourth-order valence-corrected chi connectivity index (χ4v) is 2.30. The van der Waals surface area contributed by atoms with E-state index < -0.39 is 24.2 Å². The zero-order valence-electron chi connectivity index (χ0n) is 14.7. The first-order valence-corrected chi connectivity index (χ1v) is 8.21. The Morgan fingerprint density at radius 2 is 1.67 bits per heavy atom. The summed E-state index contributed by atoms with van der Waals surface area (Å²) in [5.74, 6) is -2.85. The molecule has 0 spiro atoms. The lowest BCUT2D eigenvalue weighted by atomic mass is 10.1. The average Bonchev–Trinajstić information content (AvgIpc) is 2.64. The van der Waals surface area contributed by atoms with Gasteiger partial charge in [0.25, 0.3) is 0 Å². The minimum atomic E-state index is -0.832. The number of anilines is 1. The SMILES string of the molecule is CC(=O)Nc1ccc(C(=O)COC(=O)CCC(=O)c2ccccc2)c(F)c1. The molecule has 1 N–H and O–H groups in total. The van der Waals surface area contributed by atoms with Crippen LogP contribution in [0, 0.1) is 5.82 Å². The van der Waals surface area contributed by atoms with E-state index in [1.54, 1.807) is 30.3 Å². The van der Waals surface area contributed by atoms with Crippen molar-refractivity contribution in [2.45, 2.75) is 19.8 Å². The van der Waals surface area contributed by atoms with Crippen molar-refractivity contribution >= 4 is 29.1 Å². The molecule has 0 atom stereocenters. The van der Waals surface area contributed by atoms with Crippen molar-refractivity contribution < 1.29 is 28.3 Å². The van der Waals surface area contributed by atoms with Gasteiger partial charge in [-0.05, 0) is 18.2 Å². The van der Waals surface area contributed by atoms with Gasteiger partial charge in [0.2, 0.25) is 11.7 Å². The summed E-state index contributed by atoms with van der Waals surface area (Å²) in [4.78, 5) is 46.5. The number of hydrogen-bond donors (Lipinski definition) is 1. The summed E-state index contributed by atoms with van der Waals surface area (Å²) in [6, 6.07) is 12.1. The van der Waals surface area contributed by atoms with E-state index in [-0.39, 0.29) is 35.8 Å². The van der Waals surface area contributed by atoms with Gasteiger partial charge in [0, 0.05) is 24.6 Å². The molecular formula is C20H18FNO5. The molecule has 0 aliphatic heterocycles. The van der Waals surface area contributed by atoms with Gasteiger partial charge in [0.1, 0.15) is 5.82 Å². The Kier molecular flexibility index (Phi) is 6.93. The highest BCUT2D eigenvalue weighted by Crippen LogP contribution is 2.15. The van der Waals surface area contributed by atoms with Crippen molar-refractivity contribution in [3.63, 3.8) is 0 Å². The predicted octanol–water partition coefficient (Wildman–Crippen LogP) is 3.17. The Bertz CT molecular complexity index is 864. The first-order valence-electron chi connectivity index (χ1n) is 8.21.